The second-order valence-corrected chi connectivity index (χ2v) is 6.27. The summed E-state index contributed by atoms with van der Waals surface area (Å²) in [5, 5.41) is 23.5. The fourth-order valence-corrected chi connectivity index (χ4v) is 3.07. The summed E-state index contributed by atoms with van der Waals surface area (Å²) in [6.07, 6.45) is -4.47. The van der Waals surface area contributed by atoms with E-state index in [2.05, 4.69) is 19.6 Å². The molecule has 1 saturated heterocycles. The monoisotopic (exact) mass is 363 g/mol. The van der Waals surface area contributed by atoms with Crippen LogP contribution in [-0.2, 0) is 13.8 Å². The van der Waals surface area contributed by atoms with Gasteiger partial charge in [-0.3, -0.25) is 14.3 Å². The summed E-state index contributed by atoms with van der Waals surface area (Å²) in [4.78, 5) is 35.8. The predicted molar refractivity (Wildman–Crippen MR) is 76.5 cm³/mol. The van der Waals surface area contributed by atoms with E-state index in [4.69, 9.17) is 20.3 Å². The molecular weight excluding hydrogens is 349 g/mol. The summed E-state index contributed by atoms with van der Waals surface area (Å²) in [5.41, 5.74) is 4.91. The van der Waals surface area contributed by atoms with Crippen molar-refractivity contribution in [1.82, 2.24) is 19.7 Å². The van der Waals surface area contributed by atoms with Crippen LogP contribution in [0.15, 0.2) is 11.0 Å². The molecular formula is C10H14N5O8P. The number of aliphatic hydroxyl groups is 2. The molecule has 1 aliphatic rings. The molecule has 0 spiro atoms. The van der Waals surface area contributed by atoms with Crippen LogP contribution in [0.4, 0.5) is 5.95 Å². The van der Waals surface area contributed by atoms with Crippen LogP contribution in [0.2, 0.25) is 0 Å². The smallest absolute Gasteiger partial charge is 0.394 e. The molecule has 132 valence electrons. The van der Waals surface area contributed by atoms with Gasteiger partial charge in [-0.2, -0.15) is 10.1 Å². The molecule has 2 unspecified atom stereocenters. The molecule has 4 atom stereocenters. The molecule has 2 aromatic rings. The molecule has 0 bridgehead atoms. The standard InChI is InChI=1S/C10H14N5O8P/c11-10-13-7-3(8(18)14-10)1-12-15(7)9-5(17)6(4(2-16)22-9)23-24(19,20)21/h1,4-6,9,16-17H,2H2,(H2,19,20,21)(H3,11,13,14,18)/t4-,5?,6?,9-/m1/s1. The van der Waals surface area contributed by atoms with Crippen LogP contribution in [0.5, 0.6) is 0 Å². The highest BCUT2D eigenvalue weighted by Gasteiger charge is 2.48. The van der Waals surface area contributed by atoms with E-state index in [1.807, 2.05) is 0 Å². The number of aromatic nitrogens is 4. The van der Waals surface area contributed by atoms with E-state index in [1.54, 1.807) is 0 Å². The van der Waals surface area contributed by atoms with Crippen LogP contribution in [0, 0.1) is 0 Å². The third-order valence-corrected chi connectivity index (χ3v) is 3.99. The van der Waals surface area contributed by atoms with Crippen LogP contribution < -0.4 is 11.3 Å². The lowest BCUT2D eigenvalue weighted by molar-refractivity contribution is -0.0565. The van der Waals surface area contributed by atoms with Gasteiger partial charge in [-0.15, -0.1) is 0 Å². The van der Waals surface area contributed by atoms with E-state index in [-0.39, 0.29) is 17.0 Å². The van der Waals surface area contributed by atoms with Crippen LogP contribution >= 0.6 is 7.82 Å². The van der Waals surface area contributed by atoms with Gasteiger partial charge in [0.2, 0.25) is 5.95 Å². The fourth-order valence-electron chi connectivity index (χ4n) is 2.50. The lowest BCUT2D eigenvalue weighted by Gasteiger charge is -2.19. The Bertz CT molecular complexity index is 861. The number of phosphoric acid groups is 1. The lowest BCUT2D eigenvalue weighted by atomic mass is 10.1. The predicted octanol–water partition coefficient (Wildman–Crippen LogP) is -2.57. The second-order valence-electron chi connectivity index (χ2n) is 5.08. The Morgan fingerprint density at radius 1 is 1.50 bits per heavy atom. The zero-order chi connectivity index (χ0) is 17.6. The quantitative estimate of drug-likeness (QED) is 0.311. The topological polar surface area (TPSA) is 206 Å². The number of ether oxygens (including phenoxy) is 1. The van der Waals surface area contributed by atoms with Crippen molar-refractivity contribution in [3.63, 3.8) is 0 Å². The van der Waals surface area contributed by atoms with Crippen LogP contribution in [0.3, 0.4) is 0 Å². The van der Waals surface area contributed by atoms with Crippen molar-refractivity contribution in [3.8, 4) is 0 Å². The SMILES string of the molecule is Nc1nc2c(cnn2[C@@H]2O[C@H](CO)C(OP(=O)(O)O)C2O)c(=O)[nH]1. The Morgan fingerprint density at radius 3 is 2.83 bits per heavy atom. The minimum absolute atomic E-state index is 0.00572. The first kappa shape index (κ1) is 17.0. The maximum Gasteiger partial charge on any atom is 0.470 e. The maximum atomic E-state index is 11.8. The molecule has 13 nitrogen and oxygen atoms in total. The number of H-pyrrole nitrogens is 1. The van der Waals surface area contributed by atoms with Crippen molar-refractivity contribution in [3.05, 3.63) is 16.6 Å². The highest BCUT2D eigenvalue weighted by atomic mass is 31.2. The number of hydrogen-bond acceptors (Lipinski definition) is 9. The summed E-state index contributed by atoms with van der Waals surface area (Å²) < 4.78 is 21.9. The minimum Gasteiger partial charge on any atom is -0.394 e. The van der Waals surface area contributed by atoms with E-state index in [0.717, 1.165) is 4.68 Å². The summed E-state index contributed by atoms with van der Waals surface area (Å²) >= 11 is 0. The second kappa shape index (κ2) is 5.89. The average molecular weight is 363 g/mol. The Hall–Kier alpha value is -1.86. The Kier molecular flexibility index (Phi) is 4.17. The Labute approximate surface area is 132 Å². The first-order chi connectivity index (χ1) is 11.2. The fraction of sp³-hybridized carbons (Fsp3) is 0.500. The van der Waals surface area contributed by atoms with E-state index in [9.17, 15) is 19.6 Å². The zero-order valence-electron chi connectivity index (χ0n) is 11.9. The molecule has 3 rings (SSSR count). The van der Waals surface area contributed by atoms with Crippen molar-refractivity contribution >= 4 is 24.8 Å². The normalized spacial score (nSPS) is 27.8. The highest BCUT2D eigenvalue weighted by molar-refractivity contribution is 7.46. The molecule has 24 heavy (non-hydrogen) atoms. The van der Waals surface area contributed by atoms with Gasteiger partial charge >= 0.3 is 7.82 Å². The van der Waals surface area contributed by atoms with Gasteiger partial charge < -0.3 is 30.5 Å². The largest absolute Gasteiger partial charge is 0.470 e. The number of hydrogen-bond donors (Lipinski definition) is 6. The number of nitrogen functional groups attached to an aromatic ring is 1. The number of nitrogens with zero attached hydrogens (tertiary/aromatic N) is 3. The van der Waals surface area contributed by atoms with Gasteiger partial charge in [-0.1, -0.05) is 0 Å². The molecule has 14 heteroatoms. The van der Waals surface area contributed by atoms with Crippen molar-refractivity contribution in [2.45, 2.75) is 24.5 Å². The summed E-state index contributed by atoms with van der Waals surface area (Å²) in [7, 11) is -4.94. The lowest BCUT2D eigenvalue weighted by Crippen LogP contribution is -2.35. The van der Waals surface area contributed by atoms with Crippen LogP contribution in [0.25, 0.3) is 11.0 Å². The van der Waals surface area contributed by atoms with Gasteiger partial charge in [-0.05, 0) is 0 Å². The number of aliphatic hydroxyl groups excluding tert-OH is 2. The molecule has 0 amide bonds. The maximum absolute atomic E-state index is 11.8. The number of rotatable bonds is 4. The molecule has 0 aliphatic carbocycles. The van der Waals surface area contributed by atoms with Crippen molar-refractivity contribution in [2.75, 3.05) is 12.3 Å². The highest BCUT2D eigenvalue weighted by Crippen LogP contribution is 2.43. The van der Waals surface area contributed by atoms with E-state index in [0.29, 0.717) is 0 Å². The molecule has 7 N–H and O–H groups in total. The first-order valence-corrected chi connectivity index (χ1v) is 8.15. The third kappa shape index (κ3) is 2.93. The third-order valence-electron chi connectivity index (χ3n) is 3.47. The number of phosphoric ester groups is 1. The first-order valence-electron chi connectivity index (χ1n) is 6.62. The van der Waals surface area contributed by atoms with Gasteiger partial charge in [0.1, 0.15) is 23.7 Å². The molecule has 1 aliphatic heterocycles. The zero-order valence-corrected chi connectivity index (χ0v) is 12.8. The Morgan fingerprint density at radius 2 is 2.21 bits per heavy atom. The number of fused-ring (bicyclic) bond motifs is 1. The molecule has 0 radical (unpaired) electrons. The molecule has 0 aromatic carbocycles. The molecule has 0 saturated carbocycles. The van der Waals surface area contributed by atoms with Crippen molar-refractivity contribution in [1.29, 1.82) is 0 Å². The number of aromatic amines is 1. The molecule has 1 fully saturated rings. The summed E-state index contributed by atoms with van der Waals surface area (Å²) in [6, 6.07) is 0. The number of nitrogens with two attached hydrogens (primary N) is 1. The summed E-state index contributed by atoms with van der Waals surface area (Å²) in [5.74, 6) is -0.191. The minimum atomic E-state index is -4.94. The van der Waals surface area contributed by atoms with E-state index >= 15 is 0 Å². The van der Waals surface area contributed by atoms with Gasteiger partial charge in [0.05, 0.1) is 12.8 Å². The van der Waals surface area contributed by atoms with Gasteiger partial charge in [0.25, 0.3) is 5.56 Å². The number of nitrogens with one attached hydrogen (secondary N) is 1. The van der Waals surface area contributed by atoms with Crippen LogP contribution in [0.1, 0.15) is 6.23 Å². The van der Waals surface area contributed by atoms with Gasteiger partial charge in [-0.25, -0.2) is 9.25 Å². The van der Waals surface area contributed by atoms with Crippen molar-refractivity contribution in [2.24, 2.45) is 0 Å². The van der Waals surface area contributed by atoms with Crippen molar-refractivity contribution < 1.29 is 33.8 Å². The molecule has 2 aromatic heterocycles. The average Bonchev–Trinajstić information content (AvgIpc) is 3.00. The summed E-state index contributed by atoms with van der Waals surface area (Å²) in [6.45, 7) is -0.673. The number of anilines is 1. The van der Waals surface area contributed by atoms with Gasteiger partial charge in [0.15, 0.2) is 11.9 Å². The Balaban J connectivity index is 2.01. The molecule has 3 heterocycles. The van der Waals surface area contributed by atoms with E-state index < -0.39 is 44.5 Å². The van der Waals surface area contributed by atoms with E-state index in [1.165, 1.54) is 6.20 Å². The van der Waals surface area contributed by atoms with Gasteiger partial charge in [0, 0.05) is 0 Å². The van der Waals surface area contributed by atoms with Crippen LogP contribution in [-0.4, -0.2) is 64.7 Å².